The van der Waals surface area contributed by atoms with E-state index in [4.69, 9.17) is 11.6 Å². The summed E-state index contributed by atoms with van der Waals surface area (Å²) in [5, 5.41) is 16.1. The van der Waals surface area contributed by atoms with Crippen molar-refractivity contribution in [1.82, 2.24) is 19.7 Å². The highest BCUT2D eigenvalue weighted by atomic mass is 35.5. The summed E-state index contributed by atoms with van der Waals surface area (Å²) in [7, 11) is 0. The van der Waals surface area contributed by atoms with E-state index in [0.717, 1.165) is 4.88 Å². The highest BCUT2D eigenvalue weighted by Crippen LogP contribution is 2.30. The molecule has 0 aliphatic rings. The van der Waals surface area contributed by atoms with Gasteiger partial charge in [-0.3, -0.25) is 10.1 Å². The van der Waals surface area contributed by atoms with Crippen LogP contribution in [0.15, 0.2) is 24.4 Å². The molecule has 0 aliphatic heterocycles. The van der Waals surface area contributed by atoms with Crippen molar-refractivity contribution >= 4 is 34.8 Å². The second-order valence-corrected chi connectivity index (χ2v) is 7.15. The first-order valence-corrected chi connectivity index (χ1v) is 8.56. The normalized spacial score (nSPS) is 11.6. The van der Waals surface area contributed by atoms with Gasteiger partial charge in [-0.25, -0.2) is 9.67 Å². The number of thiazole rings is 1. The number of benzene rings is 1. The number of hydrogen-bond acceptors (Lipinski definition) is 6. The number of carbonyl (C=O) groups excluding carboxylic acids is 1. The van der Waals surface area contributed by atoms with Crippen LogP contribution in [0.25, 0.3) is 0 Å². The third-order valence-electron chi connectivity index (χ3n) is 3.31. The van der Waals surface area contributed by atoms with Crippen molar-refractivity contribution in [1.29, 1.82) is 0 Å². The lowest BCUT2D eigenvalue weighted by molar-refractivity contribution is -0.147. The number of alkyl halides is 3. The van der Waals surface area contributed by atoms with E-state index in [9.17, 15) is 23.1 Å². The van der Waals surface area contributed by atoms with Gasteiger partial charge in [0.05, 0.1) is 12.1 Å². The molecule has 0 atom stereocenters. The fourth-order valence-electron chi connectivity index (χ4n) is 2.18. The van der Waals surface area contributed by atoms with Crippen LogP contribution in [0.5, 0.6) is 5.75 Å². The molecule has 0 radical (unpaired) electrons. The van der Waals surface area contributed by atoms with E-state index < -0.39 is 23.9 Å². The summed E-state index contributed by atoms with van der Waals surface area (Å²) < 4.78 is 40.3. The van der Waals surface area contributed by atoms with Gasteiger partial charge in [0.25, 0.3) is 5.91 Å². The standard InChI is InChI=1S/C15H11ClF3N5O2S/c1-7-5-20-11(27-7)6-24-13(15(17,18)19)22-14(23-24)21-12(26)9-4-8(16)2-3-10(9)25/h2-5,25H,6H2,1H3,(H,21,23,26). The first-order chi connectivity index (χ1) is 12.6. The summed E-state index contributed by atoms with van der Waals surface area (Å²) in [4.78, 5) is 20.4. The third kappa shape index (κ3) is 4.37. The smallest absolute Gasteiger partial charge is 0.451 e. The Kier molecular flexibility index (Phi) is 5.07. The van der Waals surface area contributed by atoms with Crippen molar-refractivity contribution in [3.05, 3.63) is 50.7 Å². The number of nitrogens with zero attached hydrogens (tertiary/aromatic N) is 4. The molecule has 12 heteroatoms. The van der Waals surface area contributed by atoms with Gasteiger partial charge in [-0.15, -0.1) is 16.4 Å². The summed E-state index contributed by atoms with van der Waals surface area (Å²) in [5.41, 5.74) is -0.219. The number of hydrogen-bond donors (Lipinski definition) is 2. The fraction of sp³-hybridized carbons (Fsp3) is 0.200. The summed E-state index contributed by atoms with van der Waals surface area (Å²) >= 11 is 6.99. The average molecular weight is 418 g/mol. The second-order valence-electron chi connectivity index (χ2n) is 5.39. The molecular weight excluding hydrogens is 407 g/mol. The number of aromatic hydroxyl groups is 1. The molecular formula is C15H11ClF3N5O2S. The van der Waals surface area contributed by atoms with Crippen LogP contribution in [0.2, 0.25) is 5.02 Å². The Labute approximate surface area is 159 Å². The van der Waals surface area contributed by atoms with Crippen LogP contribution in [-0.4, -0.2) is 30.8 Å². The van der Waals surface area contributed by atoms with E-state index in [0.29, 0.717) is 9.69 Å². The van der Waals surface area contributed by atoms with Gasteiger partial charge in [-0.2, -0.15) is 18.2 Å². The summed E-state index contributed by atoms with van der Waals surface area (Å²) in [6, 6.07) is 3.72. The monoisotopic (exact) mass is 417 g/mol. The number of rotatable bonds is 4. The number of halogens is 4. The molecule has 0 aliphatic carbocycles. The zero-order chi connectivity index (χ0) is 19.8. The summed E-state index contributed by atoms with van der Waals surface area (Å²) in [6.45, 7) is 1.52. The molecule has 3 rings (SSSR count). The van der Waals surface area contributed by atoms with Crippen molar-refractivity contribution < 1.29 is 23.1 Å². The third-order valence-corrected chi connectivity index (χ3v) is 4.44. The van der Waals surface area contributed by atoms with E-state index in [1.807, 2.05) is 0 Å². The molecule has 2 N–H and O–H groups in total. The lowest BCUT2D eigenvalue weighted by atomic mass is 10.2. The molecule has 2 heterocycles. The van der Waals surface area contributed by atoms with Crippen molar-refractivity contribution in [2.24, 2.45) is 0 Å². The molecule has 0 spiro atoms. The van der Waals surface area contributed by atoms with Gasteiger partial charge in [-0.1, -0.05) is 11.6 Å². The number of amides is 1. The van der Waals surface area contributed by atoms with E-state index >= 15 is 0 Å². The van der Waals surface area contributed by atoms with Gasteiger partial charge >= 0.3 is 6.18 Å². The number of carbonyl (C=O) groups is 1. The molecule has 1 amide bonds. The number of aryl methyl sites for hydroxylation is 1. The maximum Gasteiger partial charge on any atom is 0.451 e. The zero-order valence-corrected chi connectivity index (χ0v) is 15.2. The van der Waals surface area contributed by atoms with Crippen LogP contribution < -0.4 is 5.32 Å². The first-order valence-electron chi connectivity index (χ1n) is 7.36. The quantitative estimate of drug-likeness (QED) is 0.674. The van der Waals surface area contributed by atoms with Crippen LogP contribution >= 0.6 is 22.9 Å². The van der Waals surface area contributed by atoms with Gasteiger partial charge in [0.15, 0.2) is 0 Å². The molecule has 142 valence electrons. The minimum atomic E-state index is -4.78. The Morgan fingerprint density at radius 2 is 2.15 bits per heavy atom. The molecule has 0 saturated heterocycles. The van der Waals surface area contributed by atoms with Crippen LogP contribution in [-0.2, 0) is 12.7 Å². The van der Waals surface area contributed by atoms with E-state index in [1.54, 1.807) is 6.92 Å². The summed E-state index contributed by atoms with van der Waals surface area (Å²) in [5.74, 6) is -3.11. The Morgan fingerprint density at radius 1 is 1.41 bits per heavy atom. The molecule has 2 aromatic heterocycles. The molecule has 0 saturated carbocycles. The van der Waals surface area contributed by atoms with Crippen LogP contribution in [0.3, 0.4) is 0 Å². The Morgan fingerprint density at radius 3 is 2.78 bits per heavy atom. The number of aromatic nitrogens is 4. The van der Waals surface area contributed by atoms with Crippen LogP contribution in [0.4, 0.5) is 19.1 Å². The van der Waals surface area contributed by atoms with Gasteiger partial charge < -0.3 is 5.11 Å². The minimum absolute atomic E-state index is 0.173. The highest BCUT2D eigenvalue weighted by Gasteiger charge is 2.38. The Balaban J connectivity index is 1.89. The minimum Gasteiger partial charge on any atom is -0.507 e. The Bertz CT molecular complexity index is 1000. The van der Waals surface area contributed by atoms with Crippen molar-refractivity contribution in [3.8, 4) is 5.75 Å². The van der Waals surface area contributed by atoms with E-state index in [1.165, 1.54) is 35.7 Å². The SMILES string of the molecule is Cc1cnc(Cn2nc(NC(=O)c3cc(Cl)ccc3O)nc2C(F)(F)F)s1. The van der Waals surface area contributed by atoms with Crippen molar-refractivity contribution in [2.45, 2.75) is 19.6 Å². The predicted molar refractivity (Wildman–Crippen MR) is 92.0 cm³/mol. The second kappa shape index (κ2) is 7.16. The number of anilines is 1. The van der Waals surface area contributed by atoms with Gasteiger partial charge in [0, 0.05) is 16.1 Å². The molecule has 27 heavy (non-hydrogen) atoms. The van der Waals surface area contributed by atoms with E-state index in [2.05, 4.69) is 20.4 Å². The lowest BCUT2D eigenvalue weighted by Gasteiger charge is -2.06. The van der Waals surface area contributed by atoms with Gasteiger partial charge in [-0.05, 0) is 25.1 Å². The largest absolute Gasteiger partial charge is 0.507 e. The molecule has 0 fully saturated rings. The molecule has 7 nitrogen and oxygen atoms in total. The number of phenolic OH excluding ortho intramolecular Hbond substituents is 1. The van der Waals surface area contributed by atoms with Crippen molar-refractivity contribution in [2.75, 3.05) is 5.32 Å². The molecule has 0 unspecified atom stereocenters. The predicted octanol–water partition coefficient (Wildman–Crippen LogP) is 3.72. The highest BCUT2D eigenvalue weighted by molar-refractivity contribution is 7.11. The average Bonchev–Trinajstić information content (AvgIpc) is 3.16. The number of phenols is 1. The maximum atomic E-state index is 13.2. The maximum absolute atomic E-state index is 13.2. The number of nitrogens with one attached hydrogen (secondary N) is 1. The zero-order valence-electron chi connectivity index (χ0n) is 13.6. The first kappa shape index (κ1) is 19.1. The Hall–Kier alpha value is -2.66. The van der Waals surface area contributed by atoms with Gasteiger partial charge in [0.1, 0.15) is 10.8 Å². The molecule has 0 bridgehead atoms. The molecule has 1 aromatic carbocycles. The van der Waals surface area contributed by atoms with Crippen LogP contribution in [0.1, 0.15) is 26.1 Å². The van der Waals surface area contributed by atoms with E-state index in [-0.39, 0.29) is 22.9 Å². The van der Waals surface area contributed by atoms with Crippen LogP contribution in [0, 0.1) is 6.92 Å². The fourth-order valence-corrected chi connectivity index (χ4v) is 3.12. The molecule has 3 aromatic rings. The van der Waals surface area contributed by atoms with Gasteiger partial charge in [0.2, 0.25) is 11.8 Å². The topological polar surface area (TPSA) is 92.9 Å². The van der Waals surface area contributed by atoms with Crippen molar-refractivity contribution in [3.63, 3.8) is 0 Å². The summed E-state index contributed by atoms with van der Waals surface area (Å²) in [6.07, 6.45) is -3.24. The lowest BCUT2D eigenvalue weighted by Crippen LogP contribution is -2.16.